The fourth-order valence-corrected chi connectivity index (χ4v) is 1.39. The van der Waals surface area contributed by atoms with Crippen molar-refractivity contribution in [2.45, 2.75) is 6.42 Å². The molecule has 1 aliphatic carbocycles. The average Bonchev–Trinajstić information content (AvgIpc) is 2.17. The van der Waals surface area contributed by atoms with Gasteiger partial charge in [0, 0.05) is 12.4 Å². The second-order valence-electron chi connectivity index (χ2n) is 2.94. The summed E-state index contributed by atoms with van der Waals surface area (Å²) in [6.45, 7) is 0. The third-order valence-corrected chi connectivity index (χ3v) is 2.09. The zero-order valence-electron chi connectivity index (χ0n) is 6.95. The maximum absolute atomic E-state index is 10.7. The maximum atomic E-state index is 10.7. The van der Waals surface area contributed by atoms with Gasteiger partial charge in [-0.15, -0.1) is 0 Å². The van der Waals surface area contributed by atoms with Gasteiger partial charge >= 0.3 is 5.97 Å². The number of carbonyl (C=O) groups is 1. The Kier molecular flexibility index (Phi) is 1.77. The van der Waals surface area contributed by atoms with Crippen LogP contribution in [0, 0.1) is 0 Å². The van der Waals surface area contributed by atoms with Crippen LogP contribution in [0.25, 0.3) is 0 Å². The van der Waals surface area contributed by atoms with Crippen LogP contribution in [0.15, 0.2) is 47.3 Å². The van der Waals surface area contributed by atoms with E-state index >= 15 is 0 Å². The lowest BCUT2D eigenvalue weighted by Crippen LogP contribution is -2.09. The van der Waals surface area contributed by atoms with Crippen LogP contribution >= 0.6 is 0 Å². The fourth-order valence-electron chi connectivity index (χ4n) is 1.39. The second kappa shape index (κ2) is 2.94. The van der Waals surface area contributed by atoms with Gasteiger partial charge in [-0.3, -0.25) is 0 Å². The molecule has 0 saturated heterocycles. The van der Waals surface area contributed by atoms with Crippen molar-refractivity contribution in [1.82, 2.24) is 5.32 Å². The Balaban J connectivity index is 2.34. The average molecular weight is 175 g/mol. The molecule has 0 atom stereocenters. The smallest absolute Gasteiger partial charge is 0.335 e. The van der Waals surface area contributed by atoms with Crippen molar-refractivity contribution in [3.8, 4) is 0 Å². The molecule has 3 heteroatoms. The van der Waals surface area contributed by atoms with E-state index in [0.717, 1.165) is 11.1 Å². The monoisotopic (exact) mass is 175 g/mol. The van der Waals surface area contributed by atoms with E-state index in [-0.39, 0.29) is 0 Å². The molecule has 13 heavy (non-hydrogen) atoms. The minimum Gasteiger partial charge on any atom is -0.478 e. The molecule has 0 radical (unpaired) electrons. The Bertz CT molecular complexity index is 372. The summed E-state index contributed by atoms with van der Waals surface area (Å²) in [7, 11) is 0. The van der Waals surface area contributed by atoms with Crippen LogP contribution in [0.3, 0.4) is 0 Å². The summed E-state index contributed by atoms with van der Waals surface area (Å²) in [4.78, 5) is 10.7. The number of rotatable bonds is 1. The molecule has 0 aromatic carbocycles. The summed E-state index contributed by atoms with van der Waals surface area (Å²) in [6.07, 6.45) is 9.66. The van der Waals surface area contributed by atoms with Gasteiger partial charge in [0.05, 0.1) is 5.57 Å². The maximum Gasteiger partial charge on any atom is 0.335 e. The van der Waals surface area contributed by atoms with Crippen LogP contribution in [0.2, 0.25) is 0 Å². The van der Waals surface area contributed by atoms with Gasteiger partial charge in [-0.1, -0.05) is 6.08 Å². The summed E-state index contributed by atoms with van der Waals surface area (Å²) in [5, 5.41) is 11.7. The first-order valence-electron chi connectivity index (χ1n) is 4.04. The Labute approximate surface area is 75.8 Å². The predicted molar refractivity (Wildman–Crippen MR) is 48.8 cm³/mol. The number of dihydropyridines is 1. The molecule has 0 aromatic heterocycles. The molecule has 66 valence electrons. The van der Waals surface area contributed by atoms with E-state index in [4.69, 9.17) is 5.11 Å². The zero-order valence-corrected chi connectivity index (χ0v) is 6.95. The number of hydrogen-bond acceptors (Lipinski definition) is 2. The first kappa shape index (κ1) is 7.86. The summed E-state index contributed by atoms with van der Waals surface area (Å²) < 4.78 is 0. The lowest BCUT2D eigenvalue weighted by molar-refractivity contribution is -0.132. The third-order valence-electron chi connectivity index (χ3n) is 2.09. The highest BCUT2D eigenvalue weighted by Crippen LogP contribution is 2.25. The van der Waals surface area contributed by atoms with Crippen molar-refractivity contribution in [2.75, 3.05) is 0 Å². The summed E-state index contributed by atoms with van der Waals surface area (Å²) >= 11 is 0. The molecular formula is C10H9NO2. The molecular weight excluding hydrogens is 166 g/mol. The van der Waals surface area contributed by atoms with Crippen molar-refractivity contribution in [3.05, 3.63) is 47.3 Å². The Morgan fingerprint density at radius 1 is 1.54 bits per heavy atom. The van der Waals surface area contributed by atoms with Crippen LogP contribution in [-0.4, -0.2) is 11.1 Å². The Hall–Kier alpha value is -1.77. The molecule has 0 unspecified atom stereocenters. The van der Waals surface area contributed by atoms with Crippen molar-refractivity contribution in [2.24, 2.45) is 0 Å². The minimum atomic E-state index is -0.863. The van der Waals surface area contributed by atoms with Crippen molar-refractivity contribution in [3.63, 3.8) is 0 Å². The number of aliphatic carboxylic acids is 1. The quantitative estimate of drug-likeness (QED) is 0.632. The molecule has 2 rings (SSSR count). The van der Waals surface area contributed by atoms with Gasteiger partial charge in [0.2, 0.25) is 0 Å². The number of allylic oxidation sites excluding steroid dienone is 4. The summed E-state index contributed by atoms with van der Waals surface area (Å²) in [5.41, 5.74) is 2.49. The molecule has 1 heterocycles. The molecule has 0 spiro atoms. The lowest BCUT2D eigenvalue weighted by Gasteiger charge is -2.15. The highest BCUT2D eigenvalue weighted by molar-refractivity contribution is 5.91. The van der Waals surface area contributed by atoms with Gasteiger partial charge in [0.15, 0.2) is 0 Å². The molecule has 1 aliphatic heterocycles. The van der Waals surface area contributed by atoms with Crippen molar-refractivity contribution >= 4 is 5.97 Å². The van der Waals surface area contributed by atoms with Gasteiger partial charge in [-0.25, -0.2) is 4.79 Å². The first-order valence-corrected chi connectivity index (χ1v) is 4.04. The van der Waals surface area contributed by atoms with Gasteiger partial charge in [0.1, 0.15) is 0 Å². The van der Waals surface area contributed by atoms with E-state index in [1.165, 1.54) is 0 Å². The van der Waals surface area contributed by atoms with Gasteiger partial charge in [0.25, 0.3) is 0 Å². The molecule has 3 nitrogen and oxygen atoms in total. The largest absolute Gasteiger partial charge is 0.478 e. The van der Waals surface area contributed by atoms with Gasteiger partial charge in [-0.05, 0) is 29.7 Å². The van der Waals surface area contributed by atoms with Gasteiger partial charge in [-0.2, -0.15) is 0 Å². The summed E-state index contributed by atoms with van der Waals surface area (Å²) in [6, 6.07) is 0. The highest BCUT2D eigenvalue weighted by atomic mass is 16.4. The molecule has 0 fully saturated rings. The van der Waals surface area contributed by atoms with Crippen LogP contribution in [-0.2, 0) is 4.79 Å². The number of carboxylic acid groups (broad SMARTS) is 1. The first-order chi connectivity index (χ1) is 6.27. The van der Waals surface area contributed by atoms with E-state index in [0.29, 0.717) is 12.0 Å². The van der Waals surface area contributed by atoms with E-state index in [1.54, 1.807) is 18.4 Å². The van der Waals surface area contributed by atoms with Crippen LogP contribution in [0.4, 0.5) is 0 Å². The minimum absolute atomic E-state index is 0.374. The number of carboxylic acids is 1. The zero-order chi connectivity index (χ0) is 9.26. The van der Waals surface area contributed by atoms with E-state index in [9.17, 15) is 4.79 Å². The van der Waals surface area contributed by atoms with Crippen LogP contribution < -0.4 is 5.32 Å². The molecule has 2 N–H and O–H groups in total. The molecule has 0 bridgehead atoms. The Morgan fingerprint density at radius 3 is 3.15 bits per heavy atom. The second-order valence-corrected chi connectivity index (χ2v) is 2.94. The summed E-state index contributed by atoms with van der Waals surface area (Å²) in [5.74, 6) is -0.863. The number of nitrogens with one attached hydrogen (secondary N) is 1. The van der Waals surface area contributed by atoms with Crippen LogP contribution in [0.1, 0.15) is 6.42 Å². The number of hydrogen-bond donors (Lipinski definition) is 2. The Morgan fingerprint density at radius 2 is 2.38 bits per heavy atom. The lowest BCUT2D eigenvalue weighted by atomic mass is 9.93. The van der Waals surface area contributed by atoms with Crippen LogP contribution in [0.5, 0.6) is 0 Å². The van der Waals surface area contributed by atoms with E-state index in [1.807, 2.05) is 12.3 Å². The standard InChI is InChI=1S/C10H9NO2/c12-10(13)8-1-2-9-6-11-4-3-7(9)5-8/h1,3-6,11H,2H2,(H,12,13). The SMILES string of the molecule is O=C(O)C1=CCC2=CNC=CC2=C1. The van der Waals surface area contributed by atoms with E-state index < -0.39 is 5.97 Å². The van der Waals surface area contributed by atoms with Crippen molar-refractivity contribution < 1.29 is 9.90 Å². The fraction of sp³-hybridized carbons (Fsp3) is 0.100. The van der Waals surface area contributed by atoms with Gasteiger partial charge < -0.3 is 10.4 Å². The normalized spacial score (nSPS) is 19.2. The topological polar surface area (TPSA) is 49.3 Å². The van der Waals surface area contributed by atoms with Crippen molar-refractivity contribution in [1.29, 1.82) is 0 Å². The van der Waals surface area contributed by atoms with E-state index in [2.05, 4.69) is 5.32 Å². The molecule has 0 aromatic rings. The molecule has 0 amide bonds. The highest BCUT2D eigenvalue weighted by Gasteiger charge is 2.14. The third kappa shape index (κ3) is 1.40. The number of fused-ring (bicyclic) bond motifs is 1. The molecule has 0 saturated carbocycles. The predicted octanol–water partition coefficient (Wildman–Crippen LogP) is 1.33. The molecule has 2 aliphatic rings.